The minimum atomic E-state index is -2.13. The monoisotopic (exact) mass is 269 g/mol. The number of carbonyl (C=O) groups is 1. The van der Waals surface area contributed by atoms with Crippen LogP contribution in [0.2, 0.25) is 0 Å². The molecule has 1 heterocycles. The Bertz CT molecular complexity index is 772. The number of hydrogen-bond donors (Lipinski definition) is 4. The predicted molar refractivity (Wildman–Crippen MR) is 70.5 cm³/mol. The molecule has 0 spiro atoms. The number of aromatic hydroxyl groups is 1. The zero-order valence-electron chi connectivity index (χ0n) is 10.3. The van der Waals surface area contributed by atoms with Gasteiger partial charge in [0.15, 0.2) is 5.60 Å². The van der Waals surface area contributed by atoms with Gasteiger partial charge in [0.05, 0.1) is 0 Å². The van der Waals surface area contributed by atoms with Gasteiger partial charge in [0.1, 0.15) is 5.75 Å². The summed E-state index contributed by atoms with van der Waals surface area (Å²) in [5.74, 6) is -0.588. The molecule has 2 aromatic carbocycles. The van der Waals surface area contributed by atoms with Gasteiger partial charge >= 0.3 is 0 Å². The average Bonchev–Trinajstić information content (AvgIpc) is 2.76. The molecule has 1 aliphatic heterocycles. The molecule has 0 fully saturated rings. The van der Waals surface area contributed by atoms with Gasteiger partial charge in [0.25, 0.3) is 0 Å². The van der Waals surface area contributed by atoms with Gasteiger partial charge in [-0.3, -0.25) is 4.79 Å². The van der Waals surface area contributed by atoms with Crippen LogP contribution in [0, 0.1) is 0 Å². The van der Waals surface area contributed by atoms with Gasteiger partial charge in [0.2, 0.25) is 11.5 Å². The lowest BCUT2D eigenvalue weighted by atomic mass is 9.85. The smallest absolute Gasteiger partial charge is 0.239 e. The van der Waals surface area contributed by atoms with Gasteiger partial charge in [0, 0.05) is 28.4 Å². The van der Waals surface area contributed by atoms with Gasteiger partial charge in [-0.1, -0.05) is 24.3 Å². The van der Waals surface area contributed by atoms with Gasteiger partial charge < -0.3 is 20.6 Å². The maximum absolute atomic E-state index is 12.4. The third kappa shape index (κ3) is 1.01. The quantitative estimate of drug-likeness (QED) is 0.571. The summed E-state index contributed by atoms with van der Waals surface area (Å²) >= 11 is 0. The summed E-state index contributed by atoms with van der Waals surface area (Å²) in [7, 11) is 0. The van der Waals surface area contributed by atoms with E-state index in [4.69, 9.17) is 0 Å². The standard InChI is InChI=1S/C15H11NO4/c17-8-5-6-11-12(7-8)16-15(20)13(18)9-3-1-2-4-10(9)14(11,15)19/h1-7,16-17,19-20H/t14-,15+/m1/s1. The minimum Gasteiger partial charge on any atom is -0.508 e. The average molecular weight is 269 g/mol. The molecule has 0 bridgehead atoms. The highest BCUT2D eigenvalue weighted by Gasteiger charge is 2.67. The Kier molecular flexibility index (Phi) is 1.83. The number of nitrogens with one attached hydrogen (secondary N) is 1. The van der Waals surface area contributed by atoms with Crippen LogP contribution in [0.5, 0.6) is 5.75 Å². The Hall–Kier alpha value is -2.37. The Labute approximate surface area is 114 Å². The molecule has 5 nitrogen and oxygen atoms in total. The zero-order valence-corrected chi connectivity index (χ0v) is 10.3. The summed E-state index contributed by atoms with van der Waals surface area (Å²) in [6, 6.07) is 10.9. The number of phenols is 1. The first-order valence-electron chi connectivity index (χ1n) is 6.19. The van der Waals surface area contributed by atoms with Crippen LogP contribution >= 0.6 is 0 Å². The van der Waals surface area contributed by atoms with E-state index in [1.54, 1.807) is 24.3 Å². The summed E-state index contributed by atoms with van der Waals surface area (Å²) in [6.45, 7) is 0. The van der Waals surface area contributed by atoms with Crippen molar-refractivity contribution >= 4 is 11.5 Å². The second-order valence-corrected chi connectivity index (χ2v) is 5.15. The van der Waals surface area contributed by atoms with Crippen LogP contribution in [0.15, 0.2) is 42.5 Å². The number of fused-ring (bicyclic) bond motifs is 5. The molecule has 100 valence electrons. The number of aliphatic hydroxyl groups is 2. The van der Waals surface area contributed by atoms with E-state index in [1.165, 1.54) is 18.2 Å². The lowest BCUT2D eigenvalue weighted by molar-refractivity contribution is -0.0716. The molecule has 2 aromatic rings. The molecule has 4 N–H and O–H groups in total. The van der Waals surface area contributed by atoms with E-state index in [0.717, 1.165) is 0 Å². The van der Waals surface area contributed by atoms with Gasteiger partial charge in [-0.05, 0) is 12.1 Å². The largest absolute Gasteiger partial charge is 0.508 e. The Morgan fingerprint density at radius 1 is 1.00 bits per heavy atom. The number of benzene rings is 2. The Morgan fingerprint density at radius 3 is 2.55 bits per heavy atom. The molecular formula is C15H11NO4. The van der Waals surface area contributed by atoms with Crippen molar-refractivity contribution in [3.05, 3.63) is 59.2 Å². The summed E-state index contributed by atoms with van der Waals surface area (Å²) < 4.78 is 0. The van der Waals surface area contributed by atoms with Crippen molar-refractivity contribution in [1.29, 1.82) is 0 Å². The van der Waals surface area contributed by atoms with E-state index >= 15 is 0 Å². The van der Waals surface area contributed by atoms with Crippen molar-refractivity contribution in [3.8, 4) is 5.75 Å². The SMILES string of the molecule is O=C1c2ccccc2[C@@]2(O)c3ccc(O)cc3N[C@]12O. The van der Waals surface area contributed by atoms with Gasteiger partial charge in [-0.25, -0.2) is 0 Å². The Balaban J connectivity index is 2.09. The van der Waals surface area contributed by atoms with Crippen LogP contribution in [-0.4, -0.2) is 26.8 Å². The van der Waals surface area contributed by atoms with Crippen LogP contribution in [0.25, 0.3) is 0 Å². The number of carbonyl (C=O) groups excluding carboxylic acids is 1. The van der Waals surface area contributed by atoms with Gasteiger partial charge in [-0.2, -0.15) is 0 Å². The summed E-state index contributed by atoms with van der Waals surface area (Å²) in [5.41, 5.74) is -2.60. The summed E-state index contributed by atoms with van der Waals surface area (Å²) in [4.78, 5) is 12.4. The molecular weight excluding hydrogens is 258 g/mol. The van der Waals surface area contributed by atoms with Crippen molar-refractivity contribution in [2.24, 2.45) is 0 Å². The molecule has 0 amide bonds. The first kappa shape index (κ1) is 11.5. The summed E-state index contributed by atoms with van der Waals surface area (Å²) in [5, 5.41) is 33.9. The van der Waals surface area contributed by atoms with E-state index in [-0.39, 0.29) is 5.75 Å². The fourth-order valence-corrected chi connectivity index (χ4v) is 3.18. The fourth-order valence-electron chi connectivity index (χ4n) is 3.18. The number of phenolic OH excluding ortho intramolecular Hbond substituents is 1. The van der Waals surface area contributed by atoms with E-state index < -0.39 is 17.1 Å². The molecule has 0 aromatic heterocycles. The number of rotatable bonds is 0. The third-order valence-electron chi connectivity index (χ3n) is 4.12. The molecule has 4 rings (SSSR count). The highest BCUT2D eigenvalue weighted by molar-refractivity contribution is 6.12. The maximum Gasteiger partial charge on any atom is 0.239 e. The number of anilines is 1. The molecule has 2 aliphatic rings. The number of hydrogen-bond acceptors (Lipinski definition) is 5. The van der Waals surface area contributed by atoms with Crippen LogP contribution in [-0.2, 0) is 5.60 Å². The van der Waals surface area contributed by atoms with Crippen molar-refractivity contribution in [2.75, 3.05) is 5.32 Å². The molecule has 0 radical (unpaired) electrons. The first-order valence-corrected chi connectivity index (χ1v) is 6.19. The molecule has 0 saturated heterocycles. The van der Waals surface area contributed by atoms with E-state index in [0.29, 0.717) is 22.4 Å². The van der Waals surface area contributed by atoms with Gasteiger partial charge in [-0.15, -0.1) is 0 Å². The van der Waals surface area contributed by atoms with Crippen molar-refractivity contribution in [1.82, 2.24) is 0 Å². The van der Waals surface area contributed by atoms with E-state index in [1.807, 2.05) is 0 Å². The zero-order chi connectivity index (χ0) is 14.1. The third-order valence-corrected chi connectivity index (χ3v) is 4.12. The maximum atomic E-state index is 12.4. The van der Waals surface area contributed by atoms with Crippen molar-refractivity contribution < 1.29 is 20.1 Å². The van der Waals surface area contributed by atoms with Crippen LogP contribution < -0.4 is 5.32 Å². The normalized spacial score (nSPS) is 29.6. The van der Waals surface area contributed by atoms with Crippen LogP contribution in [0.4, 0.5) is 5.69 Å². The molecule has 0 saturated carbocycles. The molecule has 2 atom stereocenters. The van der Waals surface area contributed by atoms with Crippen molar-refractivity contribution in [3.63, 3.8) is 0 Å². The fraction of sp³-hybridized carbons (Fsp3) is 0.133. The second-order valence-electron chi connectivity index (χ2n) is 5.15. The summed E-state index contributed by atoms with van der Waals surface area (Å²) in [6.07, 6.45) is 0. The lowest BCUT2D eigenvalue weighted by Gasteiger charge is -2.30. The second kappa shape index (κ2) is 3.20. The Morgan fingerprint density at radius 2 is 1.75 bits per heavy atom. The predicted octanol–water partition coefficient (Wildman–Crippen LogP) is 0.938. The molecule has 5 heteroatoms. The first-order chi connectivity index (χ1) is 9.48. The van der Waals surface area contributed by atoms with E-state index in [9.17, 15) is 20.1 Å². The highest BCUT2D eigenvalue weighted by Crippen LogP contribution is 2.55. The van der Waals surface area contributed by atoms with Crippen LogP contribution in [0.1, 0.15) is 21.5 Å². The molecule has 0 unspecified atom stereocenters. The van der Waals surface area contributed by atoms with Crippen LogP contribution in [0.3, 0.4) is 0 Å². The highest BCUT2D eigenvalue weighted by atomic mass is 16.4. The molecule has 1 aliphatic carbocycles. The topological polar surface area (TPSA) is 89.8 Å². The minimum absolute atomic E-state index is 0.0100. The van der Waals surface area contributed by atoms with Crippen molar-refractivity contribution in [2.45, 2.75) is 11.3 Å². The molecule has 20 heavy (non-hydrogen) atoms. The lowest BCUT2D eigenvalue weighted by Crippen LogP contribution is -2.54. The van der Waals surface area contributed by atoms with E-state index in [2.05, 4.69) is 5.32 Å². The number of Topliss-reactive ketones (excluding diaryl/α,β-unsaturated/α-hetero) is 1. The number of ketones is 1.